The second-order valence-corrected chi connectivity index (χ2v) is 6.88. The molecule has 1 N–H and O–H groups in total. The van der Waals surface area contributed by atoms with E-state index in [1.165, 1.54) is 12.8 Å². The molecule has 1 heterocycles. The number of aryl methyl sites for hydroxylation is 1. The molecule has 100 valence electrons. The molecule has 0 saturated heterocycles. The van der Waals surface area contributed by atoms with E-state index in [9.17, 15) is 4.79 Å². The van der Waals surface area contributed by atoms with E-state index in [0.717, 1.165) is 35.0 Å². The van der Waals surface area contributed by atoms with E-state index in [1.807, 2.05) is 6.92 Å². The van der Waals surface area contributed by atoms with E-state index in [2.05, 4.69) is 15.7 Å². The molecule has 0 unspecified atom stereocenters. The van der Waals surface area contributed by atoms with E-state index < -0.39 is 0 Å². The van der Waals surface area contributed by atoms with Crippen LogP contribution < -0.4 is 5.32 Å². The Balaban J connectivity index is 1.56. The Labute approximate surface area is 117 Å². The van der Waals surface area contributed by atoms with Crippen molar-refractivity contribution < 1.29 is 4.79 Å². The fraction of sp³-hybridized carbons (Fsp3) is 0.692. The van der Waals surface area contributed by atoms with Crippen molar-refractivity contribution in [1.82, 2.24) is 10.3 Å². The number of nitrogens with one attached hydrogen (secondary N) is 1. The lowest BCUT2D eigenvalue weighted by atomic mass is 10.2. The molecule has 0 spiro atoms. The summed E-state index contributed by atoms with van der Waals surface area (Å²) in [6.07, 6.45) is 5.49. The summed E-state index contributed by atoms with van der Waals surface area (Å²) in [5.74, 6) is 2.01. The maximum Gasteiger partial charge on any atom is 0.221 e. The van der Waals surface area contributed by atoms with E-state index in [4.69, 9.17) is 0 Å². The van der Waals surface area contributed by atoms with Crippen LogP contribution in [0.2, 0.25) is 0 Å². The first-order valence-electron chi connectivity index (χ1n) is 6.52. The molecule has 1 aromatic heterocycles. The predicted molar refractivity (Wildman–Crippen MR) is 78.0 cm³/mol. The molecule has 1 fully saturated rings. The molecule has 3 nitrogen and oxygen atoms in total. The molecule has 0 aromatic carbocycles. The summed E-state index contributed by atoms with van der Waals surface area (Å²) in [6.45, 7) is 2.02. The molecule has 0 atom stereocenters. The summed E-state index contributed by atoms with van der Waals surface area (Å²) >= 11 is 3.48. The first kappa shape index (κ1) is 13.9. The highest BCUT2D eigenvalue weighted by atomic mass is 32.2. The van der Waals surface area contributed by atoms with Gasteiger partial charge in [0.25, 0.3) is 0 Å². The quantitative estimate of drug-likeness (QED) is 0.816. The highest BCUT2D eigenvalue weighted by Gasteiger charge is 2.16. The molecule has 0 aliphatic heterocycles. The van der Waals surface area contributed by atoms with Gasteiger partial charge in [-0.25, -0.2) is 4.98 Å². The van der Waals surface area contributed by atoms with Crippen molar-refractivity contribution in [2.45, 2.75) is 50.8 Å². The van der Waals surface area contributed by atoms with Crippen molar-refractivity contribution in [2.75, 3.05) is 5.75 Å². The van der Waals surface area contributed by atoms with Crippen molar-refractivity contribution in [3.63, 3.8) is 0 Å². The minimum absolute atomic E-state index is 0.212. The molecule has 5 heteroatoms. The Morgan fingerprint density at radius 1 is 1.56 bits per heavy atom. The van der Waals surface area contributed by atoms with Crippen LogP contribution in [-0.2, 0) is 10.5 Å². The smallest absolute Gasteiger partial charge is 0.221 e. The monoisotopic (exact) mass is 284 g/mol. The number of thioether (sulfide) groups is 1. The third-order valence-electron chi connectivity index (χ3n) is 3.11. The largest absolute Gasteiger partial charge is 0.353 e. The molecule has 1 aromatic rings. The number of carbonyl (C=O) groups is 1. The molecular weight excluding hydrogens is 264 g/mol. The molecule has 2 rings (SSSR count). The van der Waals surface area contributed by atoms with Crippen LogP contribution in [0, 0.1) is 6.92 Å². The van der Waals surface area contributed by atoms with Crippen LogP contribution in [0.4, 0.5) is 0 Å². The van der Waals surface area contributed by atoms with Crippen molar-refractivity contribution >= 4 is 29.0 Å². The third-order valence-corrected chi connectivity index (χ3v) is 4.93. The highest BCUT2D eigenvalue weighted by molar-refractivity contribution is 7.98. The van der Waals surface area contributed by atoms with Gasteiger partial charge in [-0.2, -0.15) is 11.8 Å². The zero-order chi connectivity index (χ0) is 12.8. The number of carbonyl (C=O) groups excluding carboxylic acids is 1. The fourth-order valence-corrected chi connectivity index (χ4v) is 3.74. The SMILES string of the molecule is Cc1nc(CSCCC(=O)NC2CCCC2)cs1. The molecule has 1 aliphatic rings. The van der Waals surface area contributed by atoms with Gasteiger partial charge in [-0.1, -0.05) is 12.8 Å². The first-order valence-corrected chi connectivity index (χ1v) is 8.55. The van der Waals surface area contributed by atoms with Gasteiger partial charge < -0.3 is 5.32 Å². The number of nitrogens with zero attached hydrogens (tertiary/aromatic N) is 1. The lowest BCUT2D eigenvalue weighted by Gasteiger charge is -2.11. The van der Waals surface area contributed by atoms with Crippen molar-refractivity contribution in [2.24, 2.45) is 0 Å². The number of aromatic nitrogens is 1. The average molecular weight is 284 g/mol. The minimum Gasteiger partial charge on any atom is -0.353 e. The van der Waals surface area contributed by atoms with Crippen LogP contribution in [0.1, 0.15) is 42.8 Å². The zero-order valence-corrected chi connectivity index (χ0v) is 12.4. The normalized spacial score (nSPS) is 16.1. The van der Waals surface area contributed by atoms with Crippen LogP contribution in [0.15, 0.2) is 5.38 Å². The number of hydrogen-bond acceptors (Lipinski definition) is 4. The van der Waals surface area contributed by atoms with Crippen LogP contribution in [-0.4, -0.2) is 22.7 Å². The number of amides is 1. The van der Waals surface area contributed by atoms with Crippen molar-refractivity contribution in [1.29, 1.82) is 0 Å². The van der Waals surface area contributed by atoms with Gasteiger partial charge in [0.15, 0.2) is 0 Å². The number of thiazole rings is 1. The van der Waals surface area contributed by atoms with Crippen LogP contribution in [0.25, 0.3) is 0 Å². The lowest BCUT2D eigenvalue weighted by molar-refractivity contribution is -0.121. The number of hydrogen-bond donors (Lipinski definition) is 1. The molecule has 1 aliphatic carbocycles. The Morgan fingerprint density at radius 2 is 2.33 bits per heavy atom. The Kier molecular flexibility index (Phi) is 5.50. The number of rotatable bonds is 6. The zero-order valence-electron chi connectivity index (χ0n) is 10.8. The first-order chi connectivity index (χ1) is 8.74. The predicted octanol–water partition coefficient (Wildman–Crippen LogP) is 3.13. The summed E-state index contributed by atoms with van der Waals surface area (Å²) in [5.41, 5.74) is 1.14. The van der Waals surface area contributed by atoms with Gasteiger partial charge in [0.1, 0.15) is 0 Å². The van der Waals surface area contributed by atoms with Crippen molar-refractivity contribution in [3.05, 3.63) is 16.1 Å². The van der Waals surface area contributed by atoms with Crippen molar-refractivity contribution in [3.8, 4) is 0 Å². The van der Waals surface area contributed by atoms with E-state index >= 15 is 0 Å². The molecule has 0 radical (unpaired) electrons. The standard InChI is InChI=1S/C13H20N2OS2/c1-10-14-12(9-18-10)8-17-7-6-13(16)15-11-4-2-3-5-11/h9,11H,2-8H2,1H3,(H,15,16). The van der Waals surface area contributed by atoms with Crippen LogP contribution in [0.3, 0.4) is 0 Å². The summed E-state index contributed by atoms with van der Waals surface area (Å²) in [5, 5.41) is 6.33. The average Bonchev–Trinajstić information content (AvgIpc) is 2.96. The molecule has 1 saturated carbocycles. The molecule has 18 heavy (non-hydrogen) atoms. The van der Waals surface area contributed by atoms with Gasteiger partial charge in [-0.15, -0.1) is 11.3 Å². The lowest BCUT2D eigenvalue weighted by Crippen LogP contribution is -2.32. The van der Waals surface area contributed by atoms with Gasteiger partial charge >= 0.3 is 0 Å². The Bertz CT molecular complexity index is 386. The van der Waals surface area contributed by atoms with E-state index in [0.29, 0.717) is 12.5 Å². The Hall–Kier alpha value is -0.550. The third kappa shape index (κ3) is 4.61. The van der Waals surface area contributed by atoms with E-state index in [-0.39, 0.29) is 5.91 Å². The molecular formula is C13H20N2OS2. The Morgan fingerprint density at radius 3 is 3.00 bits per heavy atom. The van der Waals surface area contributed by atoms with Gasteiger partial charge in [-0.05, 0) is 19.8 Å². The second kappa shape index (κ2) is 7.14. The highest BCUT2D eigenvalue weighted by Crippen LogP contribution is 2.18. The van der Waals surface area contributed by atoms with Gasteiger partial charge in [-0.3, -0.25) is 4.79 Å². The topological polar surface area (TPSA) is 42.0 Å². The maximum atomic E-state index is 11.7. The maximum absolute atomic E-state index is 11.7. The van der Waals surface area contributed by atoms with Crippen LogP contribution >= 0.6 is 23.1 Å². The van der Waals surface area contributed by atoms with Crippen LogP contribution in [0.5, 0.6) is 0 Å². The van der Waals surface area contributed by atoms with Gasteiger partial charge in [0, 0.05) is 29.3 Å². The molecule has 1 amide bonds. The minimum atomic E-state index is 0.212. The van der Waals surface area contributed by atoms with E-state index in [1.54, 1.807) is 23.1 Å². The summed E-state index contributed by atoms with van der Waals surface area (Å²) in [7, 11) is 0. The summed E-state index contributed by atoms with van der Waals surface area (Å²) in [6, 6.07) is 0.448. The summed E-state index contributed by atoms with van der Waals surface area (Å²) in [4.78, 5) is 16.1. The van der Waals surface area contributed by atoms with Gasteiger partial charge in [0.2, 0.25) is 5.91 Å². The fourth-order valence-electron chi connectivity index (χ4n) is 2.19. The summed E-state index contributed by atoms with van der Waals surface area (Å²) < 4.78 is 0. The van der Waals surface area contributed by atoms with Gasteiger partial charge in [0.05, 0.1) is 10.7 Å². The second-order valence-electron chi connectivity index (χ2n) is 4.71. The molecule has 0 bridgehead atoms.